The first-order chi connectivity index (χ1) is 8.70. The minimum absolute atomic E-state index is 0.676. The molecule has 18 heavy (non-hydrogen) atoms. The van der Waals surface area contributed by atoms with Gasteiger partial charge in [-0.3, -0.25) is 0 Å². The fraction of sp³-hybridized carbons (Fsp3) is 0.286. The Balaban J connectivity index is 2.24. The molecule has 1 heterocycles. The van der Waals surface area contributed by atoms with Crippen molar-refractivity contribution in [1.29, 1.82) is 0 Å². The maximum Gasteiger partial charge on any atom is 0.144 e. The van der Waals surface area contributed by atoms with E-state index in [2.05, 4.69) is 51.4 Å². The highest BCUT2D eigenvalue weighted by molar-refractivity contribution is 5.58. The summed E-state index contributed by atoms with van der Waals surface area (Å²) in [6, 6.07) is 10.3. The number of rotatable bonds is 4. The fourth-order valence-corrected chi connectivity index (χ4v) is 1.72. The van der Waals surface area contributed by atoms with Gasteiger partial charge in [-0.25, -0.2) is 9.97 Å². The van der Waals surface area contributed by atoms with Gasteiger partial charge < -0.3 is 10.2 Å². The molecule has 1 aromatic carbocycles. The van der Waals surface area contributed by atoms with Crippen molar-refractivity contribution < 1.29 is 0 Å². The third-order valence-corrected chi connectivity index (χ3v) is 2.79. The van der Waals surface area contributed by atoms with E-state index in [9.17, 15) is 0 Å². The first-order valence-corrected chi connectivity index (χ1v) is 5.97. The zero-order valence-corrected chi connectivity index (χ0v) is 11.0. The topological polar surface area (TPSA) is 41.1 Å². The van der Waals surface area contributed by atoms with Crippen LogP contribution in [-0.4, -0.2) is 24.1 Å². The van der Waals surface area contributed by atoms with Crippen LogP contribution < -0.4 is 10.2 Å². The van der Waals surface area contributed by atoms with Crippen LogP contribution in [-0.2, 0) is 6.54 Å². The summed E-state index contributed by atoms with van der Waals surface area (Å²) < 4.78 is 0. The molecule has 0 aliphatic carbocycles. The molecule has 1 aromatic heterocycles. The summed E-state index contributed by atoms with van der Waals surface area (Å²) in [6.45, 7) is 2.76. The number of nitrogens with one attached hydrogen (secondary N) is 1. The van der Waals surface area contributed by atoms with Crippen LogP contribution in [0.2, 0.25) is 0 Å². The van der Waals surface area contributed by atoms with E-state index in [0.29, 0.717) is 6.54 Å². The molecule has 0 radical (unpaired) electrons. The smallest absolute Gasteiger partial charge is 0.144 e. The Hall–Kier alpha value is -1.94. The fourth-order valence-electron chi connectivity index (χ4n) is 1.72. The van der Waals surface area contributed by atoms with Crippen LogP contribution in [0.25, 0.3) is 0 Å². The maximum absolute atomic E-state index is 4.51. The van der Waals surface area contributed by atoms with Gasteiger partial charge in [0.15, 0.2) is 0 Å². The van der Waals surface area contributed by atoms with Gasteiger partial charge in [-0.05, 0) is 32.2 Å². The maximum atomic E-state index is 4.51. The van der Waals surface area contributed by atoms with Crippen molar-refractivity contribution in [3.63, 3.8) is 0 Å². The lowest BCUT2D eigenvalue weighted by atomic mass is 10.2. The second-order valence-electron chi connectivity index (χ2n) is 4.26. The van der Waals surface area contributed by atoms with Gasteiger partial charge in [0.1, 0.15) is 11.6 Å². The summed E-state index contributed by atoms with van der Waals surface area (Å²) in [7, 11) is 3.90. The van der Waals surface area contributed by atoms with E-state index in [0.717, 1.165) is 17.3 Å². The summed E-state index contributed by atoms with van der Waals surface area (Å²) in [5.74, 6) is 1.70. The van der Waals surface area contributed by atoms with Crippen LogP contribution in [0.1, 0.15) is 11.4 Å². The van der Waals surface area contributed by atoms with Gasteiger partial charge in [-0.15, -0.1) is 0 Å². The van der Waals surface area contributed by atoms with E-state index in [1.165, 1.54) is 5.56 Å². The number of aromatic nitrogens is 2. The Labute approximate surface area is 108 Å². The van der Waals surface area contributed by atoms with Crippen molar-refractivity contribution in [1.82, 2.24) is 15.3 Å². The van der Waals surface area contributed by atoms with E-state index < -0.39 is 0 Å². The monoisotopic (exact) mass is 242 g/mol. The van der Waals surface area contributed by atoms with Gasteiger partial charge in [0, 0.05) is 18.9 Å². The SMILES string of the molecule is CNCc1nccc(N(C)c2ccc(C)cc2)n1. The predicted molar refractivity (Wildman–Crippen MR) is 74.0 cm³/mol. The molecule has 0 fully saturated rings. The third kappa shape index (κ3) is 2.84. The lowest BCUT2D eigenvalue weighted by molar-refractivity contribution is 0.757. The standard InChI is InChI=1S/C14H18N4/c1-11-4-6-12(7-5-11)18(3)14-8-9-16-13(17-14)10-15-2/h4-9,15H,10H2,1-3H3. The van der Waals surface area contributed by atoms with Crippen LogP contribution in [0.4, 0.5) is 11.5 Å². The Kier molecular flexibility index (Phi) is 3.89. The second kappa shape index (κ2) is 5.60. The van der Waals surface area contributed by atoms with Crippen LogP contribution in [0.3, 0.4) is 0 Å². The Morgan fingerprint density at radius 2 is 1.89 bits per heavy atom. The molecule has 0 atom stereocenters. The second-order valence-corrected chi connectivity index (χ2v) is 4.26. The van der Waals surface area contributed by atoms with Crippen LogP contribution in [0.5, 0.6) is 0 Å². The molecule has 0 unspecified atom stereocenters. The van der Waals surface area contributed by atoms with E-state index >= 15 is 0 Å². The van der Waals surface area contributed by atoms with E-state index in [4.69, 9.17) is 0 Å². The van der Waals surface area contributed by atoms with Crippen molar-refractivity contribution in [2.75, 3.05) is 19.0 Å². The molecule has 0 saturated heterocycles. The lowest BCUT2D eigenvalue weighted by Crippen LogP contribution is -2.15. The highest BCUT2D eigenvalue weighted by atomic mass is 15.2. The Bertz CT molecular complexity index is 507. The Morgan fingerprint density at radius 1 is 1.17 bits per heavy atom. The first kappa shape index (κ1) is 12.5. The average Bonchev–Trinajstić information content (AvgIpc) is 2.39. The largest absolute Gasteiger partial charge is 0.329 e. The van der Waals surface area contributed by atoms with Crippen molar-refractivity contribution in [2.45, 2.75) is 13.5 Å². The van der Waals surface area contributed by atoms with E-state index in [-0.39, 0.29) is 0 Å². The Morgan fingerprint density at radius 3 is 2.56 bits per heavy atom. The number of benzene rings is 1. The molecule has 0 spiro atoms. The van der Waals surface area contributed by atoms with Crippen LogP contribution in [0, 0.1) is 6.92 Å². The molecular formula is C14H18N4. The van der Waals surface area contributed by atoms with Crippen molar-refractivity contribution in [2.24, 2.45) is 0 Å². The summed E-state index contributed by atoms with van der Waals surface area (Å²) in [5, 5.41) is 3.05. The summed E-state index contributed by atoms with van der Waals surface area (Å²) in [6.07, 6.45) is 1.79. The van der Waals surface area contributed by atoms with Crippen molar-refractivity contribution in [3.8, 4) is 0 Å². The van der Waals surface area contributed by atoms with Gasteiger partial charge in [0.05, 0.1) is 6.54 Å². The molecule has 0 aliphatic rings. The number of aryl methyl sites for hydroxylation is 1. The van der Waals surface area contributed by atoms with E-state index in [1.807, 2.05) is 20.2 Å². The highest BCUT2D eigenvalue weighted by Gasteiger charge is 2.06. The average molecular weight is 242 g/mol. The molecule has 4 heteroatoms. The predicted octanol–water partition coefficient (Wildman–Crippen LogP) is 2.27. The molecule has 0 bridgehead atoms. The summed E-state index contributed by atoms with van der Waals surface area (Å²) in [4.78, 5) is 10.8. The molecule has 0 saturated carbocycles. The molecule has 2 rings (SSSR count). The molecule has 2 aromatic rings. The molecule has 0 amide bonds. The molecule has 94 valence electrons. The van der Waals surface area contributed by atoms with Crippen LogP contribution >= 0.6 is 0 Å². The summed E-state index contributed by atoms with van der Waals surface area (Å²) in [5.41, 5.74) is 2.38. The van der Waals surface area contributed by atoms with E-state index in [1.54, 1.807) is 6.20 Å². The minimum Gasteiger partial charge on any atom is -0.329 e. The van der Waals surface area contributed by atoms with Crippen molar-refractivity contribution in [3.05, 3.63) is 47.9 Å². The lowest BCUT2D eigenvalue weighted by Gasteiger charge is -2.18. The normalized spacial score (nSPS) is 10.4. The molecule has 0 aliphatic heterocycles. The molecule has 1 N–H and O–H groups in total. The van der Waals surface area contributed by atoms with Gasteiger partial charge in [-0.1, -0.05) is 17.7 Å². The van der Waals surface area contributed by atoms with Gasteiger partial charge in [0.25, 0.3) is 0 Å². The zero-order chi connectivity index (χ0) is 13.0. The number of nitrogens with zero attached hydrogens (tertiary/aromatic N) is 3. The number of hydrogen-bond acceptors (Lipinski definition) is 4. The van der Waals surface area contributed by atoms with Gasteiger partial charge >= 0.3 is 0 Å². The number of hydrogen-bond donors (Lipinski definition) is 1. The highest BCUT2D eigenvalue weighted by Crippen LogP contribution is 2.21. The van der Waals surface area contributed by atoms with Gasteiger partial charge in [-0.2, -0.15) is 0 Å². The third-order valence-electron chi connectivity index (χ3n) is 2.79. The molecular weight excluding hydrogens is 224 g/mol. The summed E-state index contributed by atoms with van der Waals surface area (Å²) >= 11 is 0. The number of anilines is 2. The first-order valence-electron chi connectivity index (χ1n) is 5.97. The van der Waals surface area contributed by atoms with Crippen molar-refractivity contribution >= 4 is 11.5 Å². The van der Waals surface area contributed by atoms with Crippen LogP contribution in [0.15, 0.2) is 36.5 Å². The zero-order valence-electron chi connectivity index (χ0n) is 11.0. The molecule has 4 nitrogen and oxygen atoms in total. The quantitative estimate of drug-likeness (QED) is 0.893. The van der Waals surface area contributed by atoms with Gasteiger partial charge in [0.2, 0.25) is 0 Å². The minimum atomic E-state index is 0.676.